The first-order chi connectivity index (χ1) is 7.30. The molecule has 0 radical (unpaired) electrons. The van der Waals surface area contributed by atoms with Gasteiger partial charge in [0.2, 0.25) is 0 Å². The van der Waals surface area contributed by atoms with Crippen LogP contribution in [-0.2, 0) is 20.3 Å². The summed E-state index contributed by atoms with van der Waals surface area (Å²) < 4.78 is 0.362. The first-order valence-corrected chi connectivity index (χ1v) is 11.5. The second-order valence-electron chi connectivity index (χ2n) is 6.17. The van der Waals surface area contributed by atoms with Gasteiger partial charge in [-0.25, -0.2) is 0 Å². The van der Waals surface area contributed by atoms with Gasteiger partial charge in [0.25, 0.3) is 0 Å². The Kier molecular flexibility index (Phi) is 2.72. The van der Waals surface area contributed by atoms with Gasteiger partial charge in [0, 0.05) is 0 Å². The molecule has 1 aromatic carbocycles. The zero-order chi connectivity index (χ0) is 12.1. The molecule has 1 heteroatoms. The topological polar surface area (TPSA) is 0 Å². The van der Waals surface area contributed by atoms with Crippen molar-refractivity contribution in [3.63, 3.8) is 0 Å². The summed E-state index contributed by atoms with van der Waals surface area (Å²) in [4.78, 5) is 0. The van der Waals surface area contributed by atoms with Crippen molar-refractivity contribution < 1.29 is 16.6 Å². The molecule has 0 amide bonds. The maximum absolute atomic E-state index is 2.53. The number of hydrogen-bond donors (Lipinski definition) is 0. The average molecular weight is 250 g/mol. The summed E-state index contributed by atoms with van der Waals surface area (Å²) in [5.74, 6) is 0. The Morgan fingerprint density at radius 1 is 1.00 bits per heavy atom. The minimum atomic E-state index is -1.79. The van der Waals surface area contributed by atoms with Crippen LogP contribution in [0.1, 0.15) is 31.9 Å². The summed E-state index contributed by atoms with van der Waals surface area (Å²) in [6.45, 7) is 7.09. The van der Waals surface area contributed by atoms with Gasteiger partial charge in [0.05, 0.1) is 0 Å². The van der Waals surface area contributed by atoms with E-state index in [9.17, 15) is 0 Å². The van der Waals surface area contributed by atoms with Crippen LogP contribution in [0.15, 0.2) is 29.8 Å². The molecule has 2 rings (SSSR count). The summed E-state index contributed by atoms with van der Waals surface area (Å²) in [7, 11) is 0. The first-order valence-electron chi connectivity index (χ1n) is 6.08. The summed E-state index contributed by atoms with van der Waals surface area (Å²) in [5.41, 5.74) is 6.19. The molecule has 0 heterocycles. The van der Waals surface area contributed by atoms with E-state index in [0.717, 1.165) is 0 Å². The van der Waals surface area contributed by atoms with E-state index < -0.39 is 16.6 Å². The van der Waals surface area contributed by atoms with Crippen LogP contribution in [-0.4, -0.2) is 0 Å². The third-order valence-electron chi connectivity index (χ3n) is 4.68. The fourth-order valence-electron chi connectivity index (χ4n) is 2.99. The van der Waals surface area contributed by atoms with Crippen LogP contribution >= 0.6 is 0 Å². The molecule has 0 fully saturated rings. The number of rotatable bonds is 1. The van der Waals surface area contributed by atoms with Gasteiger partial charge in [-0.3, -0.25) is 0 Å². The molecule has 1 aliphatic carbocycles. The average Bonchev–Trinajstić information content (AvgIpc) is 2.42. The molecule has 0 aliphatic heterocycles. The van der Waals surface area contributed by atoms with E-state index in [1.54, 1.807) is 11.1 Å². The third-order valence-corrected chi connectivity index (χ3v) is 10.4. The van der Waals surface area contributed by atoms with Crippen molar-refractivity contribution in [2.75, 3.05) is 0 Å². The van der Waals surface area contributed by atoms with Crippen molar-refractivity contribution in [3.8, 4) is 0 Å². The minimum absolute atomic E-state index is 0.362. The molecule has 0 nitrogen and oxygen atoms in total. The Hall–Kier alpha value is -0.326. The zero-order valence-corrected chi connectivity index (χ0v) is 12.9. The summed E-state index contributed by atoms with van der Waals surface area (Å²) in [5, 5.41) is 7.58. The van der Waals surface area contributed by atoms with E-state index in [2.05, 4.69) is 60.7 Å². The molecular formula is C15H22Ti. The number of fused-ring (bicyclic) bond motifs is 1. The Morgan fingerprint density at radius 2 is 1.56 bits per heavy atom. The van der Waals surface area contributed by atoms with Gasteiger partial charge in [-0.2, -0.15) is 0 Å². The molecular weight excluding hydrogens is 228 g/mol. The summed E-state index contributed by atoms with van der Waals surface area (Å²) in [6, 6.07) is 8.98. The fourth-order valence-corrected chi connectivity index (χ4v) is 6.64. The first kappa shape index (κ1) is 12.1. The van der Waals surface area contributed by atoms with Crippen LogP contribution in [0.25, 0.3) is 5.57 Å². The monoisotopic (exact) mass is 250 g/mol. The molecule has 16 heavy (non-hydrogen) atoms. The Morgan fingerprint density at radius 3 is 2.12 bits per heavy atom. The molecule has 1 aromatic rings. The Labute approximate surface area is 103 Å². The van der Waals surface area contributed by atoms with Crippen molar-refractivity contribution in [2.45, 2.75) is 40.2 Å². The molecule has 0 N–H and O–H groups in total. The third kappa shape index (κ3) is 1.40. The number of allylic oxidation sites excluding steroid dienone is 2. The standard InChI is InChI=1S/C12H13.3CH3.Ti/c1-8-9(2)11-6-4-5-7-12(11)10(8)3;;;;/h4-7H,1-3H3;3*1H3;. The van der Waals surface area contributed by atoms with Crippen LogP contribution in [0, 0.1) is 0 Å². The van der Waals surface area contributed by atoms with Crippen LogP contribution in [0.4, 0.5) is 0 Å². The van der Waals surface area contributed by atoms with E-state index in [4.69, 9.17) is 0 Å². The quantitative estimate of drug-likeness (QED) is 0.615. The van der Waals surface area contributed by atoms with Crippen LogP contribution < -0.4 is 0 Å². The van der Waals surface area contributed by atoms with E-state index in [1.165, 1.54) is 11.1 Å². The molecule has 86 valence electrons. The Balaban J connectivity index is 2.76. The number of hydrogen-bond acceptors (Lipinski definition) is 0. The number of benzene rings is 1. The molecule has 1 aliphatic rings. The van der Waals surface area contributed by atoms with E-state index in [1.807, 2.05) is 0 Å². The SMILES string of the molecule is CC1=C(C)[C](C)([Ti]([CH3])([CH3])[CH3])c2ccccc21. The predicted octanol–water partition coefficient (Wildman–Crippen LogP) is 5.01. The molecule has 1 atom stereocenters. The second-order valence-corrected chi connectivity index (χ2v) is 14.8. The second kappa shape index (κ2) is 3.58. The van der Waals surface area contributed by atoms with Crippen LogP contribution in [0.3, 0.4) is 0 Å². The van der Waals surface area contributed by atoms with Gasteiger partial charge in [-0.05, 0) is 0 Å². The molecule has 0 saturated heterocycles. The van der Waals surface area contributed by atoms with Gasteiger partial charge in [-0.1, -0.05) is 0 Å². The van der Waals surface area contributed by atoms with Gasteiger partial charge in [0.1, 0.15) is 0 Å². The molecule has 1 unspecified atom stereocenters. The van der Waals surface area contributed by atoms with E-state index in [-0.39, 0.29) is 0 Å². The Bertz CT molecular complexity index is 463. The van der Waals surface area contributed by atoms with Gasteiger partial charge in [0.15, 0.2) is 0 Å². The van der Waals surface area contributed by atoms with E-state index in [0.29, 0.717) is 3.72 Å². The van der Waals surface area contributed by atoms with Crippen molar-refractivity contribution >= 4 is 5.57 Å². The van der Waals surface area contributed by atoms with Crippen molar-refractivity contribution in [3.05, 3.63) is 41.0 Å². The predicted molar refractivity (Wildman–Crippen MR) is 69.7 cm³/mol. The maximum atomic E-state index is 2.53. The fraction of sp³-hybridized carbons (Fsp3) is 0.467. The van der Waals surface area contributed by atoms with Gasteiger partial charge >= 0.3 is 103 Å². The summed E-state index contributed by atoms with van der Waals surface area (Å²) in [6.07, 6.45) is 0. The molecule has 0 spiro atoms. The van der Waals surface area contributed by atoms with E-state index >= 15 is 0 Å². The van der Waals surface area contributed by atoms with Crippen molar-refractivity contribution in [1.29, 1.82) is 0 Å². The summed E-state index contributed by atoms with van der Waals surface area (Å²) >= 11 is -1.79. The van der Waals surface area contributed by atoms with Crippen molar-refractivity contribution in [1.82, 2.24) is 0 Å². The van der Waals surface area contributed by atoms with Crippen molar-refractivity contribution in [2.24, 2.45) is 0 Å². The van der Waals surface area contributed by atoms with Crippen LogP contribution in [0.5, 0.6) is 0 Å². The van der Waals surface area contributed by atoms with Crippen LogP contribution in [0.2, 0.25) is 15.7 Å². The molecule has 0 bridgehead atoms. The normalized spacial score (nSPS) is 24.9. The van der Waals surface area contributed by atoms with Gasteiger partial charge < -0.3 is 0 Å². The van der Waals surface area contributed by atoms with Gasteiger partial charge in [-0.15, -0.1) is 0 Å². The zero-order valence-electron chi connectivity index (χ0n) is 11.3. The molecule has 0 aromatic heterocycles. The molecule has 0 saturated carbocycles.